The Labute approximate surface area is 131 Å². The Morgan fingerprint density at radius 1 is 1.09 bits per heavy atom. The number of primary amides is 1. The van der Waals surface area contributed by atoms with Gasteiger partial charge < -0.3 is 15.5 Å². The second kappa shape index (κ2) is 6.82. The highest BCUT2D eigenvalue weighted by molar-refractivity contribution is 7.88. The molecule has 0 spiro atoms. The van der Waals surface area contributed by atoms with Gasteiger partial charge in [-0.25, -0.2) is 17.9 Å². The lowest BCUT2D eigenvalue weighted by atomic mass is 9.94. The first-order chi connectivity index (χ1) is 10.3. The largest absolute Gasteiger partial charge is 0.351 e. The molecule has 1 unspecified atom stereocenters. The molecule has 2 rings (SSSR count). The van der Waals surface area contributed by atoms with Crippen LogP contribution >= 0.6 is 0 Å². The highest BCUT2D eigenvalue weighted by Gasteiger charge is 2.32. The third-order valence-electron chi connectivity index (χ3n) is 4.27. The first kappa shape index (κ1) is 17.0. The van der Waals surface area contributed by atoms with Gasteiger partial charge in [0.25, 0.3) is 0 Å². The molecule has 2 aliphatic rings. The molecule has 8 nitrogen and oxygen atoms in total. The van der Waals surface area contributed by atoms with Crippen LogP contribution in [0.15, 0.2) is 0 Å². The van der Waals surface area contributed by atoms with Crippen molar-refractivity contribution in [1.82, 2.24) is 14.5 Å². The Kier molecular flexibility index (Phi) is 5.28. The van der Waals surface area contributed by atoms with Crippen LogP contribution in [0.3, 0.4) is 0 Å². The fourth-order valence-corrected chi connectivity index (χ4v) is 3.98. The zero-order valence-electron chi connectivity index (χ0n) is 12.8. The zero-order chi connectivity index (χ0) is 16.3. The molecule has 0 aromatic carbocycles. The van der Waals surface area contributed by atoms with Gasteiger partial charge in [0.1, 0.15) is 0 Å². The number of nitrogens with two attached hydrogens (primary N) is 1. The summed E-state index contributed by atoms with van der Waals surface area (Å²) < 4.78 is 25.2. The number of hydrogen-bond acceptors (Lipinski definition) is 4. The minimum atomic E-state index is -3.26. The normalized spacial score (nSPS) is 24.3. The van der Waals surface area contributed by atoms with Crippen LogP contribution in [0.4, 0.5) is 4.79 Å². The fraction of sp³-hybridized carbons (Fsp3) is 0.846. The number of amides is 3. The van der Waals surface area contributed by atoms with Gasteiger partial charge >= 0.3 is 6.03 Å². The number of piperidine rings is 2. The van der Waals surface area contributed by atoms with Gasteiger partial charge in [0.2, 0.25) is 15.9 Å². The molecular formula is C13H24N4O4S. The fourth-order valence-electron chi connectivity index (χ4n) is 3.18. The molecule has 2 fully saturated rings. The second-order valence-corrected chi connectivity index (χ2v) is 7.89. The van der Waals surface area contributed by atoms with E-state index in [-0.39, 0.29) is 17.9 Å². The van der Waals surface area contributed by atoms with Crippen LogP contribution < -0.4 is 10.5 Å². The molecule has 3 N–H and O–H groups in total. The smallest absolute Gasteiger partial charge is 0.314 e. The SMILES string of the molecule is CS(=O)(=O)NC1CCCN(C(=O)C2CCN(C(N)=O)CC2)C1. The van der Waals surface area contributed by atoms with E-state index in [1.807, 2.05) is 0 Å². The van der Waals surface area contributed by atoms with Crippen molar-refractivity contribution in [2.24, 2.45) is 11.7 Å². The van der Waals surface area contributed by atoms with E-state index in [9.17, 15) is 18.0 Å². The molecule has 0 saturated carbocycles. The molecule has 0 aromatic heterocycles. The molecule has 0 radical (unpaired) electrons. The van der Waals surface area contributed by atoms with Crippen molar-refractivity contribution in [3.05, 3.63) is 0 Å². The molecule has 2 aliphatic heterocycles. The molecule has 2 saturated heterocycles. The molecule has 0 aliphatic carbocycles. The summed E-state index contributed by atoms with van der Waals surface area (Å²) in [5.74, 6) is -0.0447. The Bertz CT molecular complexity index is 528. The van der Waals surface area contributed by atoms with Crippen LogP contribution in [0.25, 0.3) is 0 Å². The van der Waals surface area contributed by atoms with E-state index < -0.39 is 16.1 Å². The number of carbonyl (C=O) groups is 2. The highest BCUT2D eigenvalue weighted by atomic mass is 32.2. The predicted molar refractivity (Wildman–Crippen MR) is 81.5 cm³/mol. The van der Waals surface area contributed by atoms with E-state index in [4.69, 9.17) is 5.73 Å². The average molecular weight is 332 g/mol. The standard InChI is InChI=1S/C13H24N4O4S/c1-22(20,21)15-11-3-2-6-17(9-11)12(18)10-4-7-16(8-5-10)13(14)19/h10-11,15H,2-9H2,1H3,(H2,14,19). The minimum Gasteiger partial charge on any atom is -0.351 e. The topological polar surface area (TPSA) is 113 Å². The molecule has 1 atom stereocenters. The predicted octanol–water partition coefficient (Wildman–Crippen LogP) is -0.683. The lowest BCUT2D eigenvalue weighted by Crippen LogP contribution is -2.52. The summed E-state index contributed by atoms with van der Waals surface area (Å²) >= 11 is 0. The summed E-state index contributed by atoms with van der Waals surface area (Å²) in [7, 11) is -3.26. The minimum absolute atomic E-state index is 0.0594. The van der Waals surface area contributed by atoms with Gasteiger partial charge in [-0.15, -0.1) is 0 Å². The van der Waals surface area contributed by atoms with Gasteiger partial charge in [0, 0.05) is 38.1 Å². The molecular weight excluding hydrogens is 308 g/mol. The van der Waals surface area contributed by atoms with Crippen molar-refractivity contribution in [3.8, 4) is 0 Å². The number of sulfonamides is 1. The lowest BCUT2D eigenvalue weighted by Gasteiger charge is -2.37. The van der Waals surface area contributed by atoms with Crippen molar-refractivity contribution < 1.29 is 18.0 Å². The first-order valence-corrected chi connectivity index (χ1v) is 9.46. The molecule has 3 amide bonds. The number of hydrogen-bond donors (Lipinski definition) is 2. The summed E-state index contributed by atoms with van der Waals surface area (Å²) in [6.07, 6.45) is 3.90. The van der Waals surface area contributed by atoms with E-state index in [1.54, 1.807) is 9.80 Å². The van der Waals surface area contributed by atoms with Crippen molar-refractivity contribution in [2.75, 3.05) is 32.4 Å². The number of urea groups is 1. The second-order valence-electron chi connectivity index (χ2n) is 6.11. The van der Waals surface area contributed by atoms with Gasteiger partial charge in [0.15, 0.2) is 0 Å². The Morgan fingerprint density at radius 2 is 1.73 bits per heavy atom. The number of nitrogens with zero attached hydrogens (tertiary/aromatic N) is 2. The van der Waals surface area contributed by atoms with E-state index >= 15 is 0 Å². The highest BCUT2D eigenvalue weighted by Crippen LogP contribution is 2.22. The molecule has 9 heteroatoms. The maximum Gasteiger partial charge on any atom is 0.314 e. The molecule has 126 valence electrons. The molecule has 2 heterocycles. The van der Waals surface area contributed by atoms with E-state index in [0.29, 0.717) is 39.0 Å². The summed E-state index contributed by atoms with van der Waals surface area (Å²) in [5.41, 5.74) is 5.23. The Morgan fingerprint density at radius 3 is 2.27 bits per heavy atom. The maximum atomic E-state index is 12.6. The van der Waals surface area contributed by atoms with Crippen LogP contribution in [-0.4, -0.2) is 68.6 Å². The lowest BCUT2D eigenvalue weighted by molar-refractivity contribution is -0.138. The van der Waals surface area contributed by atoms with Crippen LogP contribution in [0.1, 0.15) is 25.7 Å². The van der Waals surface area contributed by atoms with Gasteiger partial charge in [-0.1, -0.05) is 0 Å². The van der Waals surface area contributed by atoms with Crippen LogP contribution in [-0.2, 0) is 14.8 Å². The number of likely N-dealkylation sites (tertiary alicyclic amines) is 2. The van der Waals surface area contributed by atoms with E-state index in [2.05, 4.69) is 4.72 Å². The van der Waals surface area contributed by atoms with Crippen LogP contribution in [0.5, 0.6) is 0 Å². The average Bonchev–Trinajstić information content (AvgIpc) is 2.45. The number of carbonyl (C=O) groups excluding carboxylic acids is 2. The van der Waals surface area contributed by atoms with Gasteiger partial charge in [-0.05, 0) is 25.7 Å². The third-order valence-corrected chi connectivity index (χ3v) is 5.03. The van der Waals surface area contributed by atoms with Crippen LogP contribution in [0, 0.1) is 5.92 Å². The molecule has 0 aromatic rings. The third kappa shape index (κ3) is 4.57. The monoisotopic (exact) mass is 332 g/mol. The summed E-state index contributed by atoms with van der Waals surface area (Å²) in [6.45, 7) is 2.09. The number of nitrogens with one attached hydrogen (secondary N) is 1. The van der Waals surface area contributed by atoms with Gasteiger partial charge in [-0.2, -0.15) is 0 Å². The Balaban J connectivity index is 1.88. The molecule has 0 bridgehead atoms. The zero-order valence-corrected chi connectivity index (χ0v) is 13.6. The molecule has 22 heavy (non-hydrogen) atoms. The number of rotatable bonds is 3. The van der Waals surface area contributed by atoms with Crippen LogP contribution in [0.2, 0.25) is 0 Å². The van der Waals surface area contributed by atoms with E-state index in [1.165, 1.54) is 0 Å². The Hall–Kier alpha value is -1.35. The quantitative estimate of drug-likeness (QED) is 0.712. The van der Waals surface area contributed by atoms with Crippen molar-refractivity contribution in [1.29, 1.82) is 0 Å². The summed E-state index contributed by atoms with van der Waals surface area (Å²) in [5, 5.41) is 0. The maximum absolute atomic E-state index is 12.6. The van der Waals surface area contributed by atoms with Gasteiger partial charge in [0.05, 0.1) is 6.26 Å². The first-order valence-electron chi connectivity index (χ1n) is 7.57. The van der Waals surface area contributed by atoms with Crippen molar-refractivity contribution in [3.63, 3.8) is 0 Å². The summed E-state index contributed by atoms with van der Waals surface area (Å²) in [4.78, 5) is 26.9. The van der Waals surface area contributed by atoms with Crippen molar-refractivity contribution in [2.45, 2.75) is 31.7 Å². The van der Waals surface area contributed by atoms with Gasteiger partial charge in [-0.3, -0.25) is 4.79 Å². The van der Waals surface area contributed by atoms with Crippen molar-refractivity contribution >= 4 is 22.0 Å². The van der Waals surface area contributed by atoms with E-state index in [0.717, 1.165) is 19.1 Å². The summed E-state index contributed by atoms with van der Waals surface area (Å²) in [6, 6.07) is -0.653.